The van der Waals surface area contributed by atoms with Gasteiger partial charge in [-0.3, -0.25) is 10.1 Å². The van der Waals surface area contributed by atoms with Crippen LogP contribution in [0, 0.1) is 24.2 Å². The molecule has 2 aliphatic rings. The number of carbonyl (C=O) groups is 1. The average molecular weight is 193 g/mol. The zero-order valence-electron chi connectivity index (χ0n) is 8.12. The van der Waals surface area contributed by atoms with E-state index in [1.807, 2.05) is 0 Å². The van der Waals surface area contributed by atoms with Crippen LogP contribution in [0.2, 0.25) is 0 Å². The number of carboxylic acid groups (broad SMARTS) is 1. The van der Waals surface area contributed by atoms with E-state index in [0.717, 1.165) is 19.3 Å². The molecule has 0 aromatic heterocycles. The van der Waals surface area contributed by atoms with Crippen molar-refractivity contribution in [1.82, 2.24) is 5.32 Å². The summed E-state index contributed by atoms with van der Waals surface area (Å²) < 4.78 is 0. The molecule has 3 atom stereocenters. The molecule has 2 saturated carbocycles. The molecule has 3 unspecified atom stereocenters. The van der Waals surface area contributed by atoms with Gasteiger partial charge in [0.2, 0.25) is 0 Å². The lowest BCUT2D eigenvalue weighted by atomic mass is 9.81. The van der Waals surface area contributed by atoms with Gasteiger partial charge < -0.3 is 5.11 Å². The molecule has 0 spiro atoms. The molecule has 2 aliphatic carbocycles. The summed E-state index contributed by atoms with van der Waals surface area (Å²) in [5.41, 5.74) is -0.713. The Labute approximate surface area is 83.9 Å². The van der Waals surface area contributed by atoms with Gasteiger partial charge >= 0.3 is 5.97 Å². The van der Waals surface area contributed by atoms with E-state index in [1.54, 1.807) is 0 Å². The van der Waals surface area contributed by atoms with Crippen molar-refractivity contribution >= 4 is 5.97 Å². The second-order valence-electron chi connectivity index (χ2n) is 4.41. The summed E-state index contributed by atoms with van der Waals surface area (Å²) in [4.78, 5) is 11.3. The number of hydrogen-bond acceptors (Lipinski definition) is 2. The van der Waals surface area contributed by atoms with Gasteiger partial charge in [0.1, 0.15) is 5.54 Å². The van der Waals surface area contributed by atoms with Crippen molar-refractivity contribution in [2.24, 2.45) is 11.8 Å². The Bertz CT molecular complexity index is 294. The Morgan fingerprint density at radius 3 is 2.86 bits per heavy atom. The summed E-state index contributed by atoms with van der Waals surface area (Å²) in [6, 6.07) is 0. The van der Waals surface area contributed by atoms with Gasteiger partial charge in [0.15, 0.2) is 0 Å². The fourth-order valence-electron chi connectivity index (χ4n) is 3.09. The standard InChI is InChI=1S/C11H15NO2/c1-2-5-12-11(10(13)14)7-8-3-4-9(11)6-8/h1,8-9,12H,3-7H2,(H,13,14). The Kier molecular flexibility index (Phi) is 2.24. The number of nitrogens with one attached hydrogen (secondary N) is 1. The largest absolute Gasteiger partial charge is 0.480 e. The molecule has 2 rings (SSSR count). The van der Waals surface area contributed by atoms with Crippen LogP contribution >= 0.6 is 0 Å². The average Bonchev–Trinajstić information content (AvgIpc) is 2.74. The molecule has 76 valence electrons. The van der Waals surface area contributed by atoms with Gasteiger partial charge in [-0.1, -0.05) is 12.3 Å². The predicted octanol–water partition coefficient (Wildman–Crippen LogP) is 0.853. The van der Waals surface area contributed by atoms with Crippen molar-refractivity contribution in [3.8, 4) is 12.3 Å². The van der Waals surface area contributed by atoms with Crippen molar-refractivity contribution in [3.63, 3.8) is 0 Å². The van der Waals surface area contributed by atoms with Crippen LogP contribution in [0.3, 0.4) is 0 Å². The number of aliphatic carboxylic acids is 1. The number of hydrogen-bond donors (Lipinski definition) is 2. The summed E-state index contributed by atoms with van der Waals surface area (Å²) in [5, 5.41) is 12.3. The molecule has 2 N–H and O–H groups in total. The minimum absolute atomic E-state index is 0.290. The lowest BCUT2D eigenvalue weighted by Gasteiger charge is -2.33. The molecule has 3 nitrogen and oxygen atoms in total. The lowest BCUT2D eigenvalue weighted by molar-refractivity contribution is -0.147. The molecule has 0 aliphatic heterocycles. The van der Waals surface area contributed by atoms with E-state index < -0.39 is 11.5 Å². The van der Waals surface area contributed by atoms with Crippen LogP contribution in [-0.2, 0) is 4.79 Å². The third-order valence-corrected chi connectivity index (χ3v) is 3.74. The molecule has 0 amide bonds. The molecule has 2 fully saturated rings. The summed E-state index contributed by atoms with van der Waals surface area (Å²) in [7, 11) is 0. The van der Waals surface area contributed by atoms with Crippen molar-refractivity contribution < 1.29 is 9.90 Å². The molecule has 14 heavy (non-hydrogen) atoms. The maximum atomic E-state index is 11.3. The Hall–Kier alpha value is -1.01. The van der Waals surface area contributed by atoms with Crippen molar-refractivity contribution in [2.45, 2.75) is 31.2 Å². The monoisotopic (exact) mass is 193 g/mol. The normalized spacial score (nSPS) is 39.6. The zero-order valence-corrected chi connectivity index (χ0v) is 8.12. The second-order valence-corrected chi connectivity index (χ2v) is 4.41. The lowest BCUT2D eigenvalue weighted by Crippen LogP contribution is -2.55. The van der Waals surface area contributed by atoms with Gasteiger partial charge in [0, 0.05) is 0 Å². The van der Waals surface area contributed by atoms with Crippen LogP contribution in [0.25, 0.3) is 0 Å². The number of carboxylic acids is 1. The van der Waals surface area contributed by atoms with E-state index >= 15 is 0 Å². The second kappa shape index (κ2) is 3.29. The maximum Gasteiger partial charge on any atom is 0.324 e. The number of terminal acetylenes is 1. The first-order chi connectivity index (χ1) is 6.69. The first-order valence-corrected chi connectivity index (χ1v) is 5.11. The van der Waals surface area contributed by atoms with Gasteiger partial charge in [-0.25, -0.2) is 0 Å². The topological polar surface area (TPSA) is 49.3 Å². The highest BCUT2D eigenvalue weighted by Gasteiger charge is 2.55. The van der Waals surface area contributed by atoms with Crippen LogP contribution in [0.1, 0.15) is 25.7 Å². The van der Waals surface area contributed by atoms with Gasteiger partial charge in [-0.2, -0.15) is 0 Å². The van der Waals surface area contributed by atoms with Crippen molar-refractivity contribution in [3.05, 3.63) is 0 Å². The minimum atomic E-state index is -0.722. The van der Waals surface area contributed by atoms with E-state index in [0.29, 0.717) is 18.4 Å². The van der Waals surface area contributed by atoms with E-state index in [-0.39, 0.29) is 0 Å². The fourth-order valence-corrected chi connectivity index (χ4v) is 3.09. The first-order valence-electron chi connectivity index (χ1n) is 5.11. The Balaban J connectivity index is 2.16. The molecule has 0 saturated heterocycles. The Morgan fingerprint density at radius 2 is 2.43 bits per heavy atom. The Morgan fingerprint density at radius 1 is 1.64 bits per heavy atom. The van der Waals surface area contributed by atoms with E-state index in [1.165, 1.54) is 6.42 Å². The highest BCUT2D eigenvalue weighted by Crippen LogP contribution is 2.50. The number of fused-ring (bicyclic) bond motifs is 2. The number of rotatable bonds is 3. The molecule has 0 aromatic carbocycles. The van der Waals surface area contributed by atoms with Gasteiger partial charge in [-0.15, -0.1) is 6.42 Å². The predicted molar refractivity (Wildman–Crippen MR) is 52.7 cm³/mol. The summed E-state index contributed by atoms with van der Waals surface area (Å²) in [6.45, 7) is 0.357. The third-order valence-electron chi connectivity index (χ3n) is 3.74. The minimum Gasteiger partial charge on any atom is -0.480 e. The van der Waals surface area contributed by atoms with Gasteiger partial charge in [-0.05, 0) is 31.1 Å². The van der Waals surface area contributed by atoms with E-state index in [2.05, 4.69) is 11.2 Å². The van der Waals surface area contributed by atoms with Crippen molar-refractivity contribution in [2.75, 3.05) is 6.54 Å². The van der Waals surface area contributed by atoms with Gasteiger partial charge in [0.05, 0.1) is 6.54 Å². The highest BCUT2D eigenvalue weighted by atomic mass is 16.4. The highest BCUT2D eigenvalue weighted by molar-refractivity contribution is 5.80. The molecule has 3 heteroatoms. The molecular weight excluding hydrogens is 178 g/mol. The summed E-state index contributed by atoms with van der Waals surface area (Å²) in [5.74, 6) is 2.63. The van der Waals surface area contributed by atoms with Crippen LogP contribution in [-0.4, -0.2) is 23.2 Å². The van der Waals surface area contributed by atoms with E-state index in [9.17, 15) is 9.90 Å². The summed E-state index contributed by atoms with van der Waals surface area (Å²) >= 11 is 0. The smallest absolute Gasteiger partial charge is 0.324 e. The van der Waals surface area contributed by atoms with Crippen LogP contribution in [0.15, 0.2) is 0 Å². The van der Waals surface area contributed by atoms with Crippen LogP contribution < -0.4 is 5.32 Å². The maximum absolute atomic E-state index is 11.3. The van der Waals surface area contributed by atoms with Crippen LogP contribution in [0.5, 0.6) is 0 Å². The molecular formula is C11H15NO2. The summed E-state index contributed by atoms with van der Waals surface area (Å²) in [6.07, 6.45) is 9.20. The third kappa shape index (κ3) is 1.22. The quantitative estimate of drug-likeness (QED) is 0.653. The molecule has 0 aromatic rings. The van der Waals surface area contributed by atoms with Crippen LogP contribution in [0.4, 0.5) is 0 Å². The van der Waals surface area contributed by atoms with E-state index in [4.69, 9.17) is 6.42 Å². The fraction of sp³-hybridized carbons (Fsp3) is 0.727. The van der Waals surface area contributed by atoms with Gasteiger partial charge in [0.25, 0.3) is 0 Å². The SMILES string of the molecule is C#CCNC1(C(=O)O)CC2CCC1C2. The first kappa shape index (κ1) is 9.54. The van der Waals surface area contributed by atoms with Crippen molar-refractivity contribution in [1.29, 1.82) is 0 Å². The molecule has 2 bridgehead atoms. The molecule has 0 radical (unpaired) electrons. The zero-order chi connectivity index (χ0) is 10.2. The molecule has 0 heterocycles.